The van der Waals surface area contributed by atoms with Crippen LogP contribution in [0.5, 0.6) is 0 Å². The molecule has 0 aliphatic carbocycles. The van der Waals surface area contributed by atoms with Crippen molar-refractivity contribution in [2.45, 2.75) is 40.2 Å². The summed E-state index contributed by atoms with van der Waals surface area (Å²) >= 11 is 0. The van der Waals surface area contributed by atoms with E-state index in [0.717, 1.165) is 42.4 Å². The summed E-state index contributed by atoms with van der Waals surface area (Å²) in [5.74, 6) is 1.66. The first-order chi connectivity index (χ1) is 7.78. The van der Waals surface area contributed by atoms with Crippen LogP contribution in [0.2, 0.25) is 0 Å². The summed E-state index contributed by atoms with van der Waals surface area (Å²) in [5.41, 5.74) is 2.08. The molecule has 0 aromatic carbocycles. The molecule has 0 atom stereocenters. The Labute approximate surface area is 94.9 Å². The average Bonchev–Trinajstić information content (AvgIpc) is 2.94. The molecule has 0 amide bonds. The standard InChI is InChI=1S/C11H17N5/c1-4-8-7-9(16(6-3)15-8)11-12-10(5-2)13-14-11/h7H,4-6H2,1-3H3,(H,12,13,14). The minimum Gasteiger partial charge on any atom is -0.263 e. The second-order valence-corrected chi connectivity index (χ2v) is 3.65. The molecule has 0 aliphatic rings. The van der Waals surface area contributed by atoms with Crippen molar-refractivity contribution in [2.75, 3.05) is 0 Å². The van der Waals surface area contributed by atoms with Crippen molar-refractivity contribution < 1.29 is 0 Å². The first-order valence-corrected chi connectivity index (χ1v) is 5.76. The fraction of sp³-hybridized carbons (Fsp3) is 0.545. The van der Waals surface area contributed by atoms with Crippen LogP contribution in [0, 0.1) is 0 Å². The monoisotopic (exact) mass is 219 g/mol. The number of H-pyrrole nitrogens is 1. The smallest absolute Gasteiger partial charge is 0.199 e. The molecule has 1 N–H and O–H groups in total. The Hall–Kier alpha value is -1.65. The Balaban J connectivity index is 2.41. The molecule has 0 radical (unpaired) electrons. The SMILES string of the molecule is CCc1cc(-c2n[nH]c(CC)n2)n(CC)n1. The summed E-state index contributed by atoms with van der Waals surface area (Å²) < 4.78 is 1.95. The van der Waals surface area contributed by atoms with E-state index in [0.29, 0.717) is 0 Å². The molecule has 0 spiro atoms. The highest BCUT2D eigenvalue weighted by Gasteiger charge is 2.12. The molecule has 2 rings (SSSR count). The van der Waals surface area contributed by atoms with Gasteiger partial charge in [0.1, 0.15) is 11.5 Å². The molecule has 16 heavy (non-hydrogen) atoms. The number of aromatic nitrogens is 5. The topological polar surface area (TPSA) is 59.4 Å². The van der Waals surface area contributed by atoms with Crippen molar-refractivity contribution >= 4 is 0 Å². The zero-order chi connectivity index (χ0) is 11.5. The van der Waals surface area contributed by atoms with Gasteiger partial charge in [0.15, 0.2) is 5.82 Å². The summed E-state index contributed by atoms with van der Waals surface area (Å²) in [6.07, 6.45) is 1.80. The Morgan fingerprint density at radius 1 is 1.25 bits per heavy atom. The van der Waals surface area contributed by atoms with Crippen LogP contribution in [-0.2, 0) is 19.4 Å². The molecule has 5 heteroatoms. The molecule has 86 valence electrons. The van der Waals surface area contributed by atoms with Gasteiger partial charge in [0, 0.05) is 13.0 Å². The number of nitrogens with zero attached hydrogens (tertiary/aromatic N) is 4. The Bertz CT molecular complexity index is 468. The number of hydrogen-bond acceptors (Lipinski definition) is 3. The molecule has 5 nitrogen and oxygen atoms in total. The van der Waals surface area contributed by atoms with E-state index in [2.05, 4.69) is 47.1 Å². The highest BCUT2D eigenvalue weighted by atomic mass is 15.3. The molecule has 0 unspecified atom stereocenters. The highest BCUT2D eigenvalue weighted by Crippen LogP contribution is 2.17. The van der Waals surface area contributed by atoms with E-state index in [1.807, 2.05) is 4.68 Å². The van der Waals surface area contributed by atoms with E-state index >= 15 is 0 Å². The van der Waals surface area contributed by atoms with Crippen molar-refractivity contribution in [3.8, 4) is 11.5 Å². The lowest BCUT2D eigenvalue weighted by Crippen LogP contribution is -2.00. The summed E-state index contributed by atoms with van der Waals surface area (Å²) in [6, 6.07) is 2.06. The summed E-state index contributed by atoms with van der Waals surface area (Å²) in [5, 5.41) is 11.6. The summed E-state index contributed by atoms with van der Waals surface area (Å²) in [4.78, 5) is 4.43. The Morgan fingerprint density at radius 2 is 2.06 bits per heavy atom. The summed E-state index contributed by atoms with van der Waals surface area (Å²) in [6.45, 7) is 7.06. The van der Waals surface area contributed by atoms with E-state index < -0.39 is 0 Å². The quantitative estimate of drug-likeness (QED) is 0.853. The van der Waals surface area contributed by atoms with E-state index in [-0.39, 0.29) is 0 Å². The first kappa shape index (κ1) is 10.9. The fourth-order valence-electron chi connectivity index (χ4n) is 1.63. The summed E-state index contributed by atoms with van der Waals surface area (Å²) in [7, 11) is 0. The third kappa shape index (κ3) is 1.85. The van der Waals surface area contributed by atoms with Gasteiger partial charge in [0.05, 0.1) is 5.69 Å². The third-order valence-corrected chi connectivity index (χ3v) is 2.59. The van der Waals surface area contributed by atoms with Crippen LogP contribution in [0.25, 0.3) is 11.5 Å². The minimum atomic E-state index is 0.742. The van der Waals surface area contributed by atoms with Gasteiger partial charge in [-0.05, 0) is 19.4 Å². The van der Waals surface area contributed by atoms with Crippen LogP contribution >= 0.6 is 0 Å². The molecular weight excluding hydrogens is 202 g/mol. The van der Waals surface area contributed by atoms with Crippen molar-refractivity contribution in [2.24, 2.45) is 0 Å². The van der Waals surface area contributed by atoms with Crippen LogP contribution in [-0.4, -0.2) is 25.0 Å². The molecule has 0 saturated carbocycles. The minimum absolute atomic E-state index is 0.742. The molecular formula is C11H17N5. The van der Waals surface area contributed by atoms with Gasteiger partial charge in [-0.15, -0.1) is 0 Å². The van der Waals surface area contributed by atoms with Gasteiger partial charge in [-0.3, -0.25) is 9.78 Å². The van der Waals surface area contributed by atoms with E-state index in [4.69, 9.17) is 0 Å². The van der Waals surface area contributed by atoms with Gasteiger partial charge >= 0.3 is 0 Å². The molecule has 0 fully saturated rings. The first-order valence-electron chi connectivity index (χ1n) is 5.76. The van der Waals surface area contributed by atoms with Gasteiger partial charge in [-0.25, -0.2) is 4.98 Å². The second kappa shape index (κ2) is 4.47. The van der Waals surface area contributed by atoms with Crippen molar-refractivity contribution in [1.82, 2.24) is 25.0 Å². The predicted octanol–water partition coefficient (Wildman–Crippen LogP) is 1.81. The zero-order valence-electron chi connectivity index (χ0n) is 9.99. The predicted molar refractivity (Wildman–Crippen MR) is 62.0 cm³/mol. The molecule has 0 bridgehead atoms. The highest BCUT2D eigenvalue weighted by molar-refractivity contribution is 5.49. The van der Waals surface area contributed by atoms with Gasteiger partial charge in [-0.2, -0.15) is 10.2 Å². The number of hydrogen-bond donors (Lipinski definition) is 1. The van der Waals surface area contributed by atoms with Crippen LogP contribution in [0.3, 0.4) is 0 Å². The average molecular weight is 219 g/mol. The number of rotatable bonds is 4. The van der Waals surface area contributed by atoms with Crippen LogP contribution in [0.1, 0.15) is 32.3 Å². The lowest BCUT2D eigenvalue weighted by molar-refractivity contribution is 0.652. The van der Waals surface area contributed by atoms with E-state index in [1.54, 1.807) is 0 Å². The second-order valence-electron chi connectivity index (χ2n) is 3.65. The van der Waals surface area contributed by atoms with Gasteiger partial charge in [0.2, 0.25) is 0 Å². The molecule has 0 saturated heterocycles. The van der Waals surface area contributed by atoms with Gasteiger partial charge in [0.25, 0.3) is 0 Å². The van der Waals surface area contributed by atoms with Crippen molar-refractivity contribution in [3.05, 3.63) is 17.6 Å². The van der Waals surface area contributed by atoms with E-state index in [9.17, 15) is 0 Å². The maximum absolute atomic E-state index is 4.48. The third-order valence-electron chi connectivity index (χ3n) is 2.59. The Morgan fingerprint density at radius 3 is 2.62 bits per heavy atom. The maximum atomic E-state index is 4.48. The zero-order valence-corrected chi connectivity index (χ0v) is 9.99. The molecule has 2 aromatic rings. The van der Waals surface area contributed by atoms with E-state index in [1.165, 1.54) is 0 Å². The molecule has 0 aliphatic heterocycles. The van der Waals surface area contributed by atoms with Gasteiger partial charge < -0.3 is 0 Å². The van der Waals surface area contributed by atoms with Crippen LogP contribution in [0.15, 0.2) is 6.07 Å². The maximum Gasteiger partial charge on any atom is 0.199 e. The molecule has 2 heterocycles. The van der Waals surface area contributed by atoms with Crippen molar-refractivity contribution in [3.63, 3.8) is 0 Å². The normalized spacial score (nSPS) is 10.9. The Kier molecular flexibility index (Phi) is 3.03. The lowest BCUT2D eigenvalue weighted by Gasteiger charge is -1.98. The number of aryl methyl sites for hydroxylation is 3. The number of aromatic amines is 1. The van der Waals surface area contributed by atoms with Crippen LogP contribution in [0.4, 0.5) is 0 Å². The van der Waals surface area contributed by atoms with Crippen LogP contribution < -0.4 is 0 Å². The largest absolute Gasteiger partial charge is 0.263 e. The molecule has 2 aromatic heterocycles. The number of nitrogens with one attached hydrogen (secondary N) is 1. The lowest BCUT2D eigenvalue weighted by atomic mass is 10.3. The van der Waals surface area contributed by atoms with Crippen molar-refractivity contribution in [1.29, 1.82) is 0 Å². The fourth-order valence-corrected chi connectivity index (χ4v) is 1.63. The van der Waals surface area contributed by atoms with Gasteiger partial charge in [-0.1, -0.05) is 13.8 Å².